The van der Waals surface area contributed by atoms with E-state index in [2.05, 4.69) is 25.7 Å². The number of aromatic amines is 1. The van der Waals surface area contributed by atoms with Gasteiger partial charge in [0.1, 0.15) is 5.82 Å². The fourth-order valence-electron chi connectivity index (χ4n) is 2.39. The number of nitrogens with one attached hydrogen (secondary N) is 2. The van der Waals surface area contributed by atoms with Crippen LogP contribution in [0.15, 0.2) is 36.5 Å². The lowest BCUT2D eigenvalue weighted by molar-refractivity contribution is -0.141. The van der Waals surface area contributed by atoms with Gasteiger partial charge in [0.2, 0.25) is 5.88 Å². The maximum Gasteiger partial charge on any atom is 0.435 e. The molecule has 0 fully saturated rings. The molecule has 30 heavy (non-hydrogen) atoms. The number of benzene rings is 1. The average Bonchev–Trinajstić information content (AvgIpc) is 3.18. The van der Waals surface area contributed by atoms with Gasteiger partial charge in [-0.2, -0.15) is 23.4 Å². The van der Waals surface area contributed by atoms with E-state index in [1.807, 2.05) is 0 Å². The van der Waals surface area contributed by atoms with Crippen molar-refractivity contribution in [2.24, 2.45) is 0 Å². The molecule has 3 rings (SSSR count). The Labute approximate surface area is 171 Å². The number of nitrogens with zero attached hydrogens (tertiary/aromatic N) is 4. The molecule has 3 aromatic rings. The van der Waals surface area contributed by atoms with Crippen LogP contribution in [0.25, 0.3) is 0 Å². The first-order valence-corrected chi connectivity index (χ1v) is 8.57. The minimum atomic E-state index is -4.64. The van der Waals surface area contributed by atoms with Crippen molar-refractivity contribution in [2.45, 2.75) is 12.7 Å². The normalized spacial score (nSPS) is 11.3. The second-order valence-corrected chi connectivity index (χ2v) is 6.28. The van der Waals surface area contributed by atoms with Crippen LogP contribution in [-0.4, -0.2) is 33.5 Å². The maximum atomic E-state index is 13.3. The standard InChI is InChI=1S/C17H13ClF4N6O2/c1-30-15-6-11(7-23-27-15)28(8-10-5-14(26-25-10)17(20,21)22)16(29)24-9-2-3-13(19)12(18)4-9/h2-7H,8H2,1H3,(H,24,29)(H,25,26). The van der Waals surface area contributed by atoms with Crippen molar-refractivity contribution in [3.05, 3.63) is 58.8 Å². The van der Waals surface area contributed by atoms with Crippen LogP contribution in [0.2, 0.25) is 5.02 Å². The summed E-state index contributed by atoms with van der Waals surface area (Å²) in [6, 6.07) is 4.92. The van der Waals surface area contributed by atoms with Gasteiger partial charge in [0.05, 0.1) is 36.3 Å². The highest BCUT2D eigenvalue weighted by atomic mass is 35.5. The number of carbonyl (C=O) groups is 1. The monoisotopic (exact) mass is 444 g/mol. The van der Waals surface area contributed by atoms with Gasteiger partial charge in [-0.15, -0.1) is 5.10 Å². The Kier molecular flexibility index (Phi) is 6.06. The minimum Gasteiger partial charge on any atom is -0.480 e. The van der Waals surface area contributed by atoms with Crippen molar-refractivity contribution in [3.8, 4) is 5.88 Å². The number of ether oxygens (including phenoxy) is 1. The Morgan fingerprint density at radius 2 is 2.07 bits per heavy atom. The first kappa shape index (κ1) is 21.3. The number of hydrogen-bond acceptors (Lipinski definition) is 5. The number of rotatable bonds is 5. The highest BCUT2D eigenvalue weighted by molar-refractivity contribution is 6.31. The highest BCUT2D eigenvalue weighted by Gasteiger charge is 2.34. The van der Waals surface area contributed by atoms with Gasteiger partial charge in [0.25, 0.3) is 0 Å². The topological polar surface area (TPSA) is 96.0 Å². The van der Waals surface area contributed by atoms with Gasteiger partial charge in [-0.1, -0.05) is 11.6 Å². The molecule has 0 unspecified atom stereocenters. The van der Waals surface area contributed by atoms with Crippen LogP contribution in [0.1, 0.15) is 11.4 Å². The molecule has 13 heteroatoms. The van der Waals surface area contributed by atoms with E-state index < -0.39 is 23.7 Å². The van der Waals surface area contributed by atoms with Gasteiger partial charge in [-0.3, -0.25) is 10.00 Å². The van der Waals surface area contributed by atoms with Gasteiger partial charge < -0.3 is 10.1 Å². The third-order valence-electron chi connectivity index (χ3n) is 3.80. The maximum absolute atomic E-state index is 13.3. The van der Waals surface area contributed by atoms with Crippen molar-refractivity contribution in [3.63, 3.8) is 0 Å². The van der Waals surface area contributed by atoms with E-state index in [1.54, 1.807) is 0 Å². The SMILES string of the molecule is COc1cc(N(Cc2cc(C(F)(F)F)n[nH]2)C(=O)Nc2ccc(F)c(Cl)c2)cnn1. The van der Waals surface area contributed by atoms with E-state index in [-0.39, 0.29) is 34.5 Å². The summed E-state index contributed by atoms with van der Waals surface area (Å²) < 4.78 is 56.8. The summed E-state index contributed by atoms with van der Waals surface area (Å²) in [5.74, 6) is -0.595. The molecule has 0 radical (unpaired) electrons. The van der Waals surface area contributed by atoms with Crippen molar-refractivity contribution >= 4 is 29.0 Å². The van der Waals surface area contributed by atoms with Crippen LogP contribution in [0, 0.1) is 5.82 Å². The summed E-state index contributed by atoms with van der Waals surface area (Å²) in [6.45, 7) is -0.321. The number of H-pyrrole nitrogens is 1. The summed E-state index contributed by atoms with van der Waals surface area (Å²) >= 11 is 5.71. The molecule has 0 spiro atoms. The summed E-state index contributed by atoms with van der Waals surface area (Å²) in [4.78, 5) is 13.9. The first-order chi connectivity index (χ1) is 14.2. The molecule has 0 bridgehead atoms. The largest absolute Gasteiger partial charge is 0.480 e. The van der Waals surface area contributed by atoms with E-state index in [9.17, 15) is 22.4 Å². The summed E-state index contributed by atoms with van der Waals surface area (Å²) in [6.07, 6.45) is -3.42. The fraction of sp³-hybridized carbons (Fsp3) is 0.176. The molecule has 2 N–H and O–H groups in total. The summed E-state index contributed by atoms with van der Waals surface area (Å²) in [5.41, 5.74) is -0.777. The molecule has 158 valence electrons. The van der Waals surface area contributed by atoms with E-state index in [1.165, 1.54) is 31.5 Å². The Bertz CT molecular complexity index is 1060. The second kappa shape index (κ2) is 8.53. The predicted molar refractivity (Wildman–Crippen MR) is 98.8 cm³/mol. The molecule has 2 heterocycles. The number of anilines is 2. The van der Waals surface area contributed by atoms with Crippen LogP contribution in [-0.2, 0) is 12.7 Å². The molecule has 1 aromatic carbocycles. The van der Waals surface area contributed by atoms with E-state index >= 15 is 0 Å². The molecule has 0 saturated heterocycles. The minimum absolute atomic E-state index is 0.00499. The molecule has 0 aliphatic heterocycles. The molecule has 0 aliphatic rings. The molecule has 2 aromatic heterocycles. The third kappa shape index (κ3) is 4.95. The molecule has 8 nitrogen and oxygen atoms in total. The molecule has 0 saturated carbocycles. The number of carbonyl (C=O) groups excluding carboxylic acids is 1. The van der Waals surface area contributed by atoms with Crippen LogP contribution >= 0.6 is 11.6 Å². The zero-order chi connectivity index (χ0) is 21.9. The lowest BCUT2D eigenvalue weighted by Gasteiger charge is -2.22. The van der Waals surface area contributed by atoms with Crippen LogP contribution in [0.3, 0.4) is 0 Å². The van der Waals surface area contributed by atoms with E-state index in [0.29, 0.717) is 0 Å². The van der Waals surface area contributed by atoms with Crippen LogP contribution in [0.5, 0.6) is 5.88 Å². The summed E-state index contributed by atoms with van der Waals surface area (Å²) in [7, 11) is 1.34. The zero-order valence-electron chi connectivity index (χ0n) is 15.2. The lowest BCUT2D eigenvalue weighted by atomic mass is 10.3. The molecule has 0 aliphatic carbocycles. The number of halogens is 5. The number of urea groups is 1. The van der Waals surface area contributed by atoms with Gasteiger partial charge >= 0.3 is 12.2 Å². The molecule has 2 amide bonds. The quantitative estimate of drug-likeness (QED) is 0.573. The molecule has 0 atom stereocenters. The summed E-state index contributed by atoms with van der Waals surface area (Å²) in [5, 5.41) is 15.1. The smallest absolute Gasteiger partial charge is 0.435 e. The second-order valence-electron chi connectivity index (χ2n) is 5.88. The van der Waals surface area contributed by atoms with Gasteiger partial charge in [0.15, 0.2) is 5.69 Å². The number of aromatic nitrogens is 4. The number of alkyl halides is 3. The van der Waals surface area contributed by atoms with E-state index in [4.69, 9.17) is 16.3 Å². The Hall–Kier alpha value is -3.41. The van der Waals surface area contributed by atoms with E-state index in [0.717, 1.165) is 17.0 Å². The lowest BCUT2D eigenvalue weighted by Crippen LogP contribution is -2.34. The number of hydrogen-bond donors (Lipinski definition) is 2. The van der Waals surface area contributed by atoms with Gasteiger partial charge in [0, 0.05) is 11.8 Å². The number of methoxy groups -OCH3 is 1. The average molecular weight is 445 g/mol. The van der Waals surface area contributed by atoms with Crippen LogP contribution < -0.4 is 15.0 Å². The zero-order valence-corrected chi connectivity index (χ0v) is 15.9. The van der Waals surface area contributed by atoms with Crippen molar-refractivity contribution in [2.75, 3.05) is 17.3 Å². The Morgan fingerprint density at radius 3 is 2.70 bits per heavy atom. The first-order valence-electron chi connectivity index (χ1n) is 8.19. The highest BCUT2D eigenvalue weighted by Crippen LogP contribution is 2.29. The molecular formula is C17H13ClF4N6O2. The fourth-order valence-corrected chi connectivity index (χ4v) is 2.57. The Balaban J connectivity index is 1.91. The van der Waals surface area contributed by atoms with Crippen molar-refractivity contribution < 1.29 is 27.1 Å². The number of amides is 2. The van der Waals surface area contributed by atoms with Gasteiger partial charge in [-0.05, 0) is 24.3 Å². The Morgan fingerprint density at radius 1 is 1.30 bits per heavy atom. The van der Waals surface area contributed by atoms with Crippen LogP contribution in [0.4, 0.5) is 33.7 Å². The third-order valence-corrected chi connectivity index (χ3v) is 4.09. The molecular weight excluding hydrogens is 432 g/mol. The van der Waals surface area contributed by atoms with Crippen molar-refractivity contribution in [1.29, 1.82) is 0 Å². The predicted octanol–water partition coefficient (Wildman–Crippen LogP) is 4.26. The van der Waals surface area contributed by atoms with Gasteiger partial charge in [-0.25, -0.2) is 9.18 Å². The van der Waals surface area contributed by atoms with Crippen molar-refractivity contribution in [1.82, 2.24) is 20.4 Å².